The fraction of sp³-hybridized carbons (Fsp3) is 0.357. The van der Waals surface area contributed by atoms with Crippen LogP contribution in [0, 0.1) is 0 Å². The van der Waals surface area contributed by atoms with E-state index in [-0.39, 0.29) is 18.7 Å². The minimum Gasteiger partial charge on any atom is -0.480 e. The van der Waals surface area contributed by atoms with Crippen LogP contribution in [-0.2, 0) is 20.8 Å². The van der Waals surface area contributed by atoms with E-state index >= 15 is 0 Å². The quantitative estimate of drug-likeness (QED) is 0.400. The van der Waals surface area contributed by atoms with Crippen LogP contribution in [0.5, 0.6) is 0 Å². The van der Waals surface area contributed by atoms with Crippen molar-refractivity contribution in [1.82, 2.24) is 10.6 Å². The van der Waals surface area contributed by atoms with Crippen LogP contribution in [0.25, 0.3) is 0 Å². The van der Waals surface area contributed by atoms with Crippen LogP contribution in [0.3, 0.4) is 0 Å². The Balaban J connectivity index is 2.82. The maximum Gasteiger partial charge on any atom is 0.327 e. The summed E-state index contributed by atoms with van der Waals surface area (Å²) in [4.78, 5) is 34.6. The molecule has 2 unspecified atom stereocenters. The maximum absolute atomic E-state index is 12.2. The van der Waals surface area contributed by atoms with E-state index in [1.165, 1.54) is 0 Å². The molecule has 2 atom stereocenters. The highest BCUT2D eigenvalue weighted by molar-refractivity contribution is 7.80. The van der Waals surface area contributed by atoms with Crippen molar-refractivity contribution in [1.29, 1.82) is 0 Å². The first-order chi connectivity index (χ1) is 10.5. The number of carboxylic acids is 1. The number of nitrogens with two attached hydrogens (primary N) is 1. The average Bonchev–Trinajstić information content (AvgIpc) is 2.52. The Hall–Kier alpha value is -2.06. The summed E-state index contributed by atoms with van der Waals surface area (Å²) in [7, 11) is 0. The van der Waals surface area contributed by atoms with Gasteiger partial charge in [-0.3, -0.25) is 9.59 Å². The minimum absolute atomic E-state index is 0.0516. The number of carboxylic acid groups (broad SMARTS) is 1. The van der Waals surface area contributed by atoms with Crippen LogP contribution in [0.2, 0.25) is 0 Å². The van der Waals surface area contributed by atoms with Crippen LogP contribution >= 0.6 is 12.6 Å². The number of rotatable bonds is 8. The third-order valence-electron chi connectivity index (χ3n) is 2.92. The molecule has 0 heterocycles. The lowest BCUT2D eigenvalue weighted by Gasteiger charge is -2.20. The zero-order valence-electron chi connectivity index (χ0n) is 11.9. The molecule has 8 heteroatoms. The number of hydrogen-bond donors (Lipinski definition) is 5. The summed E-state index contributed by atoms with van der Waals surface area (Å²) in [6.45, 7) is -0.256. The van der Waals surface area contributed by atoms with Crippen molar-refractivity contribution >= 4 is 30.4 Å². The monoisotopic (exact) mass is 325 g/mol. The van der Waals surface area contributed by atoms with Gasteiger partial charge in [0.25, 0.3) is 0 Å². The Kier molecular flexibility index (Phi) is 7.41. The molecule has 1 aromatic rings. The standard InChI is InChI=1S/C14H19N3O4S/c15-7-12(18)16-10(6-9-4-2-1-3-5-9)13(19)17-11(8-22)14(20)21/h1-5,10-11,22H,6-8,15H2,(H,16,18)(H,17,19)(H,20,21). The number of aliphatic carboxylic acids is 1. The predicted molar refractivity (Wildman–Crippen MR) is 84.6 cm³/mol. The van der Waals surface area contributed by atoms with E-state index in [9.17, 15) is 14.4 Å². The molecular formula is C14H19N3O4S. The number of hydrogen-bond acceptors (Lipinski definition) is 5. The van der Waals surface area contributed by atoms with Crippen LogP contribution in [0.15, 0.2) is 30.3 Å². The van der Waals surface area contributed by atoms with Gasteiger partial charge in [-0.15, -0.1) is 0 Å². The highest BCUT2D eigenvalue weighted by atomic mass is 32.1. The van der Waals surface area contributed by atoms with E-state index in [1.54, 1.807) is 0 Å². The lowest BCUT2D eigenvalue weighted by molar-refractivity contribution is -0.141. The Bertz CT molecular complexity index is 524. The smallest absolute Gasteiger partial charge is 0.327 e. The van der Waals surface area contributed by atoms with Crippen molar-refractivity contribution in [2.24, 2.45) is 5.73 Å². The number of amides is 2. The van der Waals surface area contributed by atoms with Crippen molar-refractivity contribution in [3.05, 3.63) is 35.9 Å². The van der Waals surface area contributed by atoms with E-state index in [1.807, 2.05) is 30.3 Å². The number of benzene rings is 1. The van der Waals surface area contributed by atoms with E-state index in [4.69, 9.17) is 10.8 Å². The van der Waals surface area contributed by atoms with Crippen LogP contribution < -0.4 is 16.4 Å². The molecule has 0 bridgehead atoms. The Labute approximate surface area is 133 Å². The van der Waals surface area contributed by atoms with Gasteiger partial charge in [0.1, 0.15) is 12.1 Å². The first-order valence-electron chi connectivity index (χ1n) is 6.65. The fourth-order valence-electron chi connectivity index (χ4n) is 1.77. The summed E-state index contributed by atoms with van der Waals surface area (Å²) in [5, 5.41) is 13.8. The average molecular weight is 325 g/mol. The zero-order valence-corrected chi connectivity index (χ0v) is 12.8. The first-order valence-corrected chi connectivity index (χ1v) is 7.28. The van der Waals surface area contributed by atoms with Gasteiger partial charge in [-0.05, 0) is 5.56 Å². The second-order valence-electron chi connectivity index (χ2n) is 4.60. The van der Waals surface area contributed by atoms with E-state index in [0.29, 0.717) is 0 Å². The number of nitrogens with one attached hydrogen (secondary N) is 2. The van der Waals surface area contributed by atoms with Crippen LogP contribution in [0.1, 0.15) is 5.56 Å². The van der Waals surface area contributed by atoms with Crippen LogP contribution in [0.4, 0.5) is 0 Å². The Morgan fingerprint density at radius 3 is 2.27 bits per heavy atom. The van der Waals surface area contributed by atoms with Gasteiger partial charge in [0, 0.05) is 12.2 Å². The molecule has 1 aromatic carbocycles. The largest absolute Gasteiger partial charge is 0.480 e. The molecule has 0 radical (unpaired) electrons. The fourth-order valence-corrected chi connectivity index (χ4v) is 2.02. The molecule has 22 heavy (non-hydrogen) atoms. The SMILES string of the molecule is NCC(=O)NC(Cc1ccccc1)C(=O)NC(CS)C(=O)O. The summed E-state index contributed by atoms with van der Waals surface area (Å²) >= 11 is 3.88. The first kappa shape index (κ1) is 18.0. The zero-order chi connectivity index (χ0) is 16.5. The van der Waals surface area contributed by atoms with Crippen molar-refractivity contribution in [3.8, 4) is 0 Å². The predicted octanol–water partition coefficient (Wildman–Crippen LogP) is -0.828. The van der Waals surface area contributed by atoms with Gasteiger partial charge in [-0.2, -0.15) is 12.6 Å². The van der Waals surface area contributed by atoms with E-state index in [0.717, 1.165) is 5.56 Å². The molecule has 5 N–H and O–H groups in total. The topological polar surface area (TPSA) is 122 Å². The van der Waals surface area contributed by atoms with Gasteiger partial charge in [-0.1, -0.05) is 30.3 Å². The molecule has 2 amide bonds. The van der Waals surface area contributed by atoms with Crippen molar-refractivity contribution in [3.63, 3.8) is 0 Å². The minimum atomic E-state index is -1.19. The second kappa shape index (κ2) is 9.06. The molecule has 7 nitrogen and oxygen atoms in total. The van der Waals surface area contributed by atoms with Crippen molar-refractivity contribution in [2.75, 3.05) is 12.3 Å². The van der Waals surface area contributed by atoms with E-state index in [2.05, 4.69) is 23.3 Å². The third-order valence-corrected chi connectivity index (χ3v) is 3.28. The molecule has 0 aliphatic rings. The molecule has 120 valence electrons. The lowest BCUT2D eigenvalue weighted by atomic mass is 10.0. The summed E-state index contributed by atoms with van der Waals surface area (Å²) < 4.78 is 0. The van der Waals surface area contributed by atoms with Gasteiger partial charge in [-0.25, -0.2) is 4.79 Å². The molecular weight excluding hydrogens is 306 g/mol. The molecule has 1 rings (SSSR count). The Morgan fingerprint density at radius 2 is 1.77 bits per heavy atom. The van der Waals surface area contributed by atoms with Crippen molar-refractivity contribution in [2.45, 2.75) is 18.5 Å². The molecule has 0 fully saturated rings. The van der Waals surface area contributed by atoms with Gasteiger partial charge in [0.2, 0.25) is 11.8 Å². The van der Waals surface area contributed by atoms with Gasteiger partial charge < -0.3 is 21.5 Å². The van der Waals surface area contributed by atoms with Crippen molar-refractivity contribution < 1.29 is 19.5 Å². The third kappa shape index (κ3) is 5.74. The molecule has 0 aromatic heterocycles. The van der Waals surface area contributed by atoms with Gasteiger partial charge in [0.15, 0.2) is 0 Å². The van der Waals surface area contributed by atoms with Crippen LogP contribution in [-0.4, -0.2) is 47.3 Å². The summed E-state index contributed by atoms with van der Waals surface area (Å²) in [5.41, 5.74) is 6.07. The highest BCUT2D eigenvalue weighted by Crippen LogP contribution is 2.04. The summed E-state index contributed by atoms with van der Waals surface area (Å²) in [6.07, 6.45) is 0.233. The number of thiol groups is 1. The normalized spacial score (nSPS) is 13.0. The highest BCUT2D eigenvalue weighted by Gasteiger charge is 2.25. The molecule has 0 aliphatic carbocycles. The van der Waals surface area contributed by atoms with Gasteiger partial charge in [0.05, 0.1) is 6.54 Å². The molecule has 0 aliphatic heterocycles. The number of carbonyl (C=O) groups excluding carboxylic acids is 2. The summed E-state index contributed by atoms with van der Waals surface area (Å²) in [5.74, 6) is -2.32. The second-order valence-corrected chi connectivity index (χ2v) is 4.96. The molecule has 0 spiro atoms. The lowest BCUT2D eigenvalue weighted by Crippen LogP contribution is -2.53. The van der Waals surface area contributed by atoms with Gasteiger partial charge >= 0.3 is 5.97 Å². The van der Waals surface area contributed by atoms with E-state index < -0.39 is 29.9 Å². The number of carbonyl (C=O) groups is 3. The molecule has 0 saturated carbocycles. The molecule has 0 saturated heterocycles. The Morgan fingerprint density at radius 1 is 1.14 bits per heavy atom. The maximum atomic E-state index is 12.2. The summed E-state index contributed by atoms with van der Waals surface area (Å²) in [6, 6.07) is 7.04.